The number of amides is 1. The highest BCUT2D eigenvalue weighted by molar-refractivity contribution is 6.30. The molecule has 1 saturated heterocycles. The summed E-state index contributed by atoms with van der Waals surface area (Å²) < 4.78 is 0. The van der Waals surface area contributed by atoms with Crippen LogP contribution in [0.2, 0.25) is 5.02 Å². The molecule has 0 saturated carbocycles. The molecule has 2 heterocycles. The van der Waals surface area contributed by atoms with Crippen LogP contribution in [-0.2, 0) is 4.79 Å². The minimum Gasteiger partial charge on any atom is -0.342 e. The zero-order valence-corrected chi connectivity index (χ0v) is 9.94. The lowest BCUT2D eigenvalue weighted by molar-refractivity contribution is -0.130. The van der Waals surface area contributed by atoms with Crippen LogP contribution in [0.4, 0.5) is 0 Å². The zero-order chi connectivity index (χ0) is 11.5. The average Bonchev–Trinajstić information content (AvgIpc) is 2.30. The van der Waals surface area contributed by atoms with E-state index in [9.17, 15) is 4.79 Å². The zero-order valence-electron chi connectivity index (χ0n) is 9.19. The Labute approximate surface area is 99.6 Å². The molecule has 1 aliphatic heterocycles. The van der Waals surface area contributed by atoms with E-state index in [0.717, 1.165) is 31.8 Å². The van der Waals surface area contributed by atoms with E-state index < -0.39 is 0 Å². The number of halogens is 1. The van der Waals surface area contributed by atoms with Crippen LogP contribution in [0, 0.1) is 0 Å². The lowest BCUT2D eigenvalue weighted by Crippen LogP contribution is -2.38. The SMILES string of the molecule is CC(=O)N1CCCC(c2ncc(Cl)cn2)C1. The molecule has 1 fully saturated rings. The van der Waals surface area contributed by atoms with Crippen molar-refractivity contribution in [2.75, 3.05) is 13.1 Å². The maximum absolute atomic E-state index is 11.3. The summed E-state index contributed by atoms with van der Waals surface area (Å²) >= 11 is 5.74. The first-order chi connectivity index (χ1) is 7.66. The van der Waals surface area contributed by atoms with Crippen molar-refractivity contribution in [3.8, 4) is 0 Å². The van der Waals surface area contributed by atoms with Gasteiger partial charge in [0, 0.05) is 38.3 Å². The topological polar surface area (TPSA) is 46.1 Å². The Morgan fingerprint density at radius 2 is 2.19 bits per heavy atom. The highest BCUT2D eigenvalue weighted by atomic mass is 35.5. The van der Waals surface area contributed by atoms with E-state index >= 15 is 0 Å². The molecule has 4 nitrogen and oxygen atoms in total. The minimum absolute atomic E-state index is 0.124. The fraction of sp³-hybridized carbons (Fsp3) is 0.545. The molecule has 1 aromatic heterocycles. The third-order valence-corrected chi connectivity index (χ3v) is 3.07. The van der Waals surface area contributed by atoms with E-state index in [1.165, 1.54) is 0 Å². The molecule has 0 spiro atoms. The standard InChI is InChI=1S/C11H14ClN3O/c1-8(16)15-4-2-3-9(7-15)11-13-5-10(12)6-14-11/h5-6,9H,2-4,7H2,1H3. The molecule has 1 amide bonds. The Hall–Kier alpha value is -1.16. The number of hydrogen-bond donors (Lipinski definition) is 0. The summed E-state index contributed by atoms with van der Waals surface area (Å²) in [6, 6.07) is 0. The first-order valence-corrected chi connectivity index (χ1v) is 5.77. The number of hydrogen-bond acceptors (Lipinski definition) is 3. The fourth-order valence-electron chi connectivity index (χ4n) is 2.01. The van der Waals surface area contributed by atoms with Crippen LogP contribution in [-0.4, -0.2) is 33.9 Å². The van der Waals surface area contributed by atoms with Crippen molar-refractivity contribution >= 4 is 17.5 Å². The molecule has 0 aliphatic carbocycles. The average molecular weight is 240 g/mol. The molecule has 0 aromatic carbocycles. The second-order valence-electron chi connectivity index (χ2n) is 4.06. The van der Waals surface area contributed by atoms with Gasteiger partial charge in [0.1, 0.15) is 5.82 Å². The molecule has 1 aliphatic rings. The normalized spacial score (nSPS) is 20.9. The first kappa shape index (κ1) is 11.3. The molecular weight excluding hydrogens is 226 g/mol. The summed E-state index contributed by atoms with van der Waals surface area (Å²) in [5.74, 6) is 1.16. The van der Waals surface area contributed by atoms with Crippen molar-refractivity contribution in [3.05, 3.63) is 23.2 Å². The van der Waals surface area contributed by atoms with E-state index in [1.807, 2.05) is 4.90 Å². The Morgan fingerprint density at radius 3 is 2.81 bits per heavy atom. The van der Waals surface area contributed by atoms with Gasteiger partial charge in [-0.3, -0.25) is 4.79 Å². The Morgan fingerprint density at radius 1 is 1.50 bits per heavy atom. The van der Waals surface area contributed by atoms with Crippen LogP contribution in [0.5, 0.6) is 0 Å². The summed E-state index contributed by atoms with van der Waals surface area (Å²) in [6.45, 7) is 3.17. The number of rotatable bonds is 1. The molecule has 1 aromatic rings. The molecule has 16 heavy (non-hydrogen) atoms. The number of likely N-dealkylation sites (tertiary alicyclic amines) is 1. The molecule has 1 unspecified atom stereocenters. The van der Waals surface area contributed by atoms with E-state index in [4.69, 9.17) is 11.6 Å². The molecule has 0 bridgehead atoms. The van der Waals surface area contributed by atoms with Gasteiger partial charge in [0.2, 0.25) is 5.91 Å². The van der Waals surface area contributed by atoms with Gasteiger partial charge in [0.05, 0.1) is 5.02 Å². The van der Waals surface area contributed by atoms with Gasteiger partial charge < -0.3 is 4.90 Å². The predicted octanol–water partition coefficient (Wildman–Crippen LogP) is 1.86. The lowest BCUT2D eigenvalue weighted by Gasteiger charge is -2.31. The van der Waals surface area contributed by atoms with E-state index in [1.54, 1.807) is 19.3 Å². The van der Waals surface area contributed by atoms with Crippen molar-refractivity contribution in [2.24, 2.45) is 0 Å². The van der Waals surface area contributed by atoms with Gasteiger partial charge in [0.15, 0.2) is 0 Å². The van der Waals surface area contributed by atoms with E-state index in [-0.39, 0.29) is 11.8 Å². The monoisotopic (exact) mass is 239 g/mol. The van der Waals surface area contributed by atoms with Gasteiger partial charge in [-0.15, -0.1) is 0 Å². The minimum atomic E-state index is 0.124. The maximum Gasteiger partial charge on any atom is 0.219 e. The van der Waals surface area contributed by atoms with Crippen molar-refractivity contribution in [2.45, 2.75) is 25.7 Å². The third kappa shape index (κ3) is 2.50. The molecule has 5 heteroatoms. The summed E-state index contributed by atoms with van der Waals surface area (Å²) in [7, 11) is 0. The van der Waals surface area contributed by atoms with Crippen LogP contribution in [0.15, 0.2) is 12.4 Å². The van der Waals surface area contributed by atoms with Crippen LogP contribution in [0.1, 0.15) is 31.5 Å². The second-order valence-corrected chi connectivity index (χ2v) is 4.50. The van der Waals surface area contributed by atoms with Crippen molar-refractivity contribution < 1.29 is 4.79 Å². The van der Waals surface area contributed by atoms with Crippen LogP contribution >= 0.6 is 11.6 Å². The maximum atomic E-state index is 11.3. The van der Waals surface area contributed by atoms with E-state index in [2.05, 4.69) is 9.97 Å². The second kappa shape index (κ2) is 4.78. The molecule has 0 N–H and O–H groups in total. The lowest BCUT2D eigenvalue weighted by atomic mass is 9.97. The molecular formula is C11H14ClN3O. The van der Waals surface area contributed by atoms with Crippen LogP contribution in [0.3, 0.4) is 0 Å². The number of carbonyl (C=O) groups excluding carboxylic acids is 1. The molecule has 1 atom stereocenters. The number of aromatic nitrogens is 2. The highest BCUT2D eigenvalue weighted by Crippen LogP contribution is 2.24. The number of carbonyl (C=O) groups is 1. The summed E-state index contributed by atoms with van der Waals surface area (Å²) in [6.07, 6.45) is 5.26. The largest absolute Gasteiger partial charge is 0.342 e. The number of piperidine rings is 1. The summed E-state index contributed by atoms with van der Waals surface area (Å²) in [4.78, 5) is 21.6. The highest BCUT2D eigenvalue weighted by Gasteiger charge is 2.24. The van der Waals surface area contributed by atoms with Crippen molar-refractivity contribution in [3.63, 3.8) is 0 Å². The van der Waals surface area contributed by atoms with Crippen LogP contribution in [0.25, 0.3) is 0 Å². The van der Waals surface area contributed by atoms with E-state index in [0.29, 0.717) is 5.02 Å². The Bertz CT molecular complexity index is 379. The molecule has 2 rings (SSSR count). The smallest absolute Gasteiger partial charge is 0.219 e. The predicted molar refractivity (Wildman–Crippen MR) is 61.3 cm³/mol. The molecule has 86 valence electrons. The van der Waals surface area contributed by atoms with Gasteiger partial charge in [-0.05, 0) is 12.8 Å². The number of nitrogens with zero attached hydrogens (tertiary/aromatic N) is 3. The summed E-state index contributed by atoms with van der Waals surface area (Å²) in [5.41, 5.74) is 0. The van der Waals surface area contributed by atoms with Crippen molar-refractivity contribution in [1.29, 1.82) is 0 Å². The van der Waals surface area contributed by atoms with Gasteiger partial charge in [-0.1, -0.05) is 11.6 Å². The fourth-order valence-corrected chi connectivity index (χ4v) is 2.10. The van der Waals surface area contributed by atoms with Gasteiger partial charge in [0.25, 0.3) is 0 Å². The van der Waals surface area contributed by atoms with Gasteiger partial charge in [-0.25, -0.2) is 9.97 Å². The molecule has 0 radical (unpaired) electrons. The summed E-state index contributed by atoms with van der Waals surface area (Å²) in [5, 5.41) is 0.544. The van der Waals surface area contributed by atoms with Crippen LogP contribution < -0.4 is 0 Å². The quantitative estimate of drug-likeness (QED) is 0.752. The van der Waals surface area contributed by atoms with Crippen molar-refractivity contribution in [1.82, 2.24) is 14.9 Å². The first-order valence-electron chi connectivity index (χ1n) is 5.40. The van der Waals surface area contributed by atoms with Gasteiger partial charge >= 0.3 is 0 Å². The third-order valence-electron chi connectivity index (χ3n) is 2.87. The Kier molecular flexibility index (Phi) is 3.39. The Balaban J connectivity index is 2.09. The van der Waals surface area contributed by atoms with Gasteiger partial charge in [-0.2, -0.15) is 0 Å².